The highest BCUT2D eigenvalue weighted by Gasteiger charge is 2.15. The quantitative estimate of drug-likeness (QED) is 0.515. The second-order valence-corrected chi connectivity index (χ2v) is 6.50. The molecule has 4 rings (SSSR count). The molecule has 2 heterocycles. The van der Waals surface area contributed by atoms with Gasteiger partial charge in [0.15, 0.2) is 0 Å². The number of nitrogens with zero attached hydrogens (tertiary/aromatic N) is 2. The minimum Gasteiger partial charge on any atom is -0.469 e. The number of aryl methyl sites for hydroxylation is 1. The summed E-state index contributed by atoms with van der Waals surface area (Å²) in [5.74, 6) is -1.12. The fraction of sp³-hybridized carbons (Fsp3) is 0.0455. The summed E-state index contributed by atoms with van der Waals surface area (Å²) < 4.78 is 20.8. The summed E-state index contributed by atoms with van der Waals surface area (Å²) in [5, 5.41) is 9.36. The largest absolute Gasteiger partial charge is 0.469 e. The fourth-order valence-corrected chi connectivity index (χ4v) is 2.87. The highest BCUT2D eigenvalue weighted by atomic mass is 19.1. The van der Waals surface area contributed by atoms with Crippen molar-refractivity contribution in [3.8, 4) is 5.69 Å². The number of para-hydroxylation sites is 1. The number of nitrogens with one attached hydrogen (secondary N) is 2. The predicted molar refractivity (Wildman–Crippen MR) is 109 cm³/mol. The van der Waals surface area contributed by atoms with E-state index in [4.69, 9.17) is 4.42 Å². The van der Waals surface area contributed by atoms with E-state index in [9.17, 15) is 14.0 Å². The molecule has 2 aromatic carbocycles. The maximum atomic E-state index is 14.2. The van der Waals surface area contributed by atoms with Gasteiger partial charge in [-0.15, -0.1) is 0 Å². The van der Waals surface area contributed by atoms with Crippen LogP contribution >= 0.6 is 0 Å². The van der Waals surface area contributed by atoms with Gasteiger partial charge in [0.05, 0.1) is 35.0 Å². The molecule has 0 saturated carbocycles. The first-order chi connectivity index (χ1) is 14.5. The molecule has 0 spiro atoms. The van der Waals surface area contributed by atoms with E-state index in [-0.39, 0.29) is 5.69 Å². The van der Waals surface area contributed by atoms with Crippen LogP contribution in [-0.4, -0.2) is 21.6 Å². The predicted octanol–water partition coefficient (Wildman–Crippen LogP) is 4.42. The van der Waals surface area contributed by atoms with E-state index in [1.165, 1.54) is 36.7 Å². The first-order valence-corrected chi connectivity index (χ1v) is 9.08. The molecule has 0 atom stereocenters. The van der Waals surface area contributed by atoms with Gasteiger partial charge in [0.25, 0.3) is 11.8 Å². The summed E-state index contributed by atoms with van der Waals surface area (Å²) in [6, 6.07) is 14.8. The molecule has 0 aliphatic carbocycles. The Morgan fingerprint density at radius 1 is 1.03 bits per heavy atom. The molecule has 2 N–H and O–H groups in total. The molecule has 150 valence electrons. The summed E-state index contributed by atoms with van der Waals surface area (Å²) in [6.07, 6.45) is 4.42. The molecule has 0 aliphatic heterocycles. The van der Waals surface area contributed by atoms with Gasteiger partial charge in [-0.05, 0) is 43.3 Å². The van der Waals surface area contributed by atoms with Crippen molar-refractivity contribution in [3.05, 3.63) is 96.0 Å². The Balaban J connectivity index is 1.49. The van der Waals surface area contributed by atoms with E-state index in [1.54, 1.807) is 17.8 Å². The van der Waals surface area contributed by atoms with Crippen LogP contribution in [0.25, 0.3) is 5.69 Å². The van der Waals surface area contributed by atoms with Crippen LogP contribution in [0.2, 0.25) is 0 Å². The third kappa shape index (κ3) is 3.97. The first-order valence-electron chi connectivity index (χ1n) is 9.08. The Bertz CT molecular complexity index is 1210. The van der Waals surface area contributed by atoms with Crippen molar-refractivity contribution in [1.29, 1.82) is 0 Å². The maximum absolute atomic E-state index is 14.2. The molecule has 0 radical (unpaired) electrons. The van der Waals surface area contributed by atoms with Crippen molar-refractivity contribution in [1.82, 2.24) is 9.78 Å². The normalized spacial score (nSPS) is 10.6. The molecule has 0 saturated heterocycles. The maximum Gasteiger partial charge on any atom is 0.259 e. The lowest BCUT2D eigenvalue weighted by Crippen LogP contribution is -2.15. The van der Waals surface area contributed by atoms with E-state index in [2.05, 4.69) is 15.7 Å². The van der Waals surface area contributed by atoms with Crippen molar-refractivity contribution in [2.75, 3.05) is 10.6 Å². The topological polar surface area (TPSA) is 89.2 Å². The van der Waals surface area contributed by atoms with Gasteiger partial charge in [0, 0.05) is 11.9 Å². The number of aromatic nitrogens is 2. The number of halogens is 1. The molecular weight excluding hydrogens is 387 g/mol. The minimum absolute atomic E-state index is 0.0571. The summed E-state index contributed by atoms with van der Waals surface area (Å²) >= 11 is 0. The highest BCUT2D eigenvalue weighted by molar-refractivity contribution is 6.06. The number of furan rings is 1. The van der Waals surface area contributed by atoms with Gasteiger partial charge < -0.3 is 15.1 Å². The number of rotatable bonds is 5. The number of amides is 2. The number of hydrogen-bond donors (Lipinski definition) is 2. The standard InChI is InChI=1S/C22H17FN4O3/c1-14-18(9-10-30-14)22(29)26-20-11-16(7-8-19(20)23)25-21(28)15-12-24-27(13-15)17-5-3-2-4-6-17/h2-13H,1H3,(H,25,28)(H,26,29). The zero-order valence-electron chi connectivity index (χ0n) is 15.9. The molecule has 8 heteroatoms. The highest BCUT2D eigenvalue weighted by Crippen LogP contribution is 2.22. The summed E-state index contributed by atoms with van der Waals surface area (Å²) in [5.41, 5.74) is 1.73. The van der Waals surface area contributed by atoms with Gasteiger partial charge in [-0.25, -0.2) is 9.07 Å². The molecule has 0 unspecified atom stereocenters. The van der Waals surface area contributed by atoms with Crippen LogP contribution in [0, 0.1) is 12.7 Å². The SMILES string of the molecule is Cc1occc1C(=O)Nc1cc(NC(=O)c2cnn(-c3ccccc3)c2)ccc1F. The Kier molecular flexibility index (Phi) is 5.13. The Morgan fingerprint density at radius 2 is 1.83 bits per heavy atom. The van der Waals surface area contributed by atoms with Crippen LogP contribution in [0.15, 0.2) is 77.7 Å². The second kappa shape index (κ2) is 8.04. The van der Waals surface area contributed by atoms with Crippen LogP contribution in [0.1, 0.15) is 26.5 Å². The fourth-order valence-electron chi connectivity index (χ4n) is 2.87. The van der Waals surface area contributed by atoms with E-state index in [0.29, 0.717) is 22.6 Å². The summed E-state index contributed by atoms with van der Waals surface area (Å²) in [4.78, 5) is 24.9. The monoisotopic (exact) mass is 404 g/mol. The van der Waals surface area contributed by atoms with E-state index < -0.39 is 17.6 Å². The summed E-state index contributed by atoms with van der Waals surface area (Å²) in [7, 11) is 0. The molecule has 4 aromatic rings. The third-order valence-electron chi connectivity index (χ3n) is 4.44. The average Bonchev–Trinajstić information content (AvgIpc) is 3.40. The van der Waals surface area contributed by atoms with E-state index in [1.807, 2.05) is 30.3 Å². The number of hydrogen-bond acceptors (Lipinski definition) is 4. The van der Waals surface area contributed by atoms with Crippen molar-refractivity contribution in [2.45, 2.75) is 6.92 Å². The van der Waals surface area contributed by atoms with Crippen LogP contribution in [0.3, 0.4) is 0 Å². The van der Waals surface area contributed by atoms with Gasteiger partial charge in [-0.1, -0.05) is 18.2 Å². The Morgan fingerprint density at radius 3 is 2.57 bits per heavy atom. The molecule has 2 aromatic heterocycles. The van der Waals surface area contributed by atoms with Gasteiger partial charge in [-0.3, -0.25) is 9.59 Å². The number of benzene rings is 2. The lowest BCUT2D eigenvalue weighted by Gasteiger charge is -2.09. The van der Waals surface area contributed by atoms with Crippen LogP contribution < -0.4 is 10.6 Å². The molecule has 0 aliphatic rings. The Labute approximate surface area is 171 Å². The number of anilines is 2. The van der Waals surface area contributed by atoms with Crippen molar-refractivity contribution >= 4 is 23.2 Å². The van der Waals surface area contributed by atoms with E-state index >= 15 is 0 Å². The molecule has 7 nitrogen and oxygen atoms in total. The first kappa shape index (κ1) is 19.1. The van der Waals surface area contributed by atoms with Crippen molar-refractivity contribution in [2.24, 2.45) is 0 Å². The van der Waals surface area contributed by atoms with Crippen molar-refractivity contribution < 1.29 is 18.4 Å². The second-order valence-electron chi connectivity index (χ2n) is 6.50. The van der Waals surface area contributed by atoms with Crippen molar-refractivity contribution in [3.63, 3.8) is 0 Å². The lowest BCUT2D eigenvalue weighted by molar-refractivity contribution is 0.101. The zero-order chi connectivity index (χ0) is 21.1. The Hall–Kier alpha value is -4.20. The van der Waals surface area contributed by atoms with Crippen LogP contribution in [0.4, 0.5) is 15.8 Å². The smallest absolute Gasteiger partial charge is 0.259 e. The summed E-state index contributed by atoms with van der Waals surface area (Å²) in [6.45, 7) is 1.64. The van der Waals surface area contributed by atoms with Gasteiger partial charge in [0.2, 0.25) is 0 Å². The minimum atomic E-state index is -0.626. The molecule has 2 amide bonds. The third-order valence-corrected chi connectivity index (χ3v) is 4.44. The van der Waals surface area contributed by atoms with E-state index in [0.717, 1.165) is 5.69 Å². The molecule has 0 bridgehead atoms. The van der Waals surface area contributed by atoms with Crippen LogP contribution in [-0.2, 0) is 0 Å². The molecular formula is C22H17FN4O3. The number of carbonyl (C=O) groups is 2. The average molecular weight is 404 g/mol. The molecule has 0 fully saturated rings. The van der Waals surface area contributed by atoms with Gasteiger partial charge in [0.1, 0.15) is 11.6 Å². The lowest BCUT2D eigenvalue weighted by atomic mass is 10.2. The van der Waals surface area contributed by atoms with Gasteiger partial charge in [-0.2, -0.15) is 5.10 Å². The zero-order valence-corrected chi connectivity index (χ0v) is 15.9. The van der Waals surface area contributed by atoms with Crippen LogP contribution in [0.5, 0.6) is 0 Å². The number of carbonyl (C=O) groups excluding carboxylic acids is 2. The van der Waals surface area contributed by atoms with Gasteiger partial charge >= 0.3 is 0 Å². The molecule has 30 heavy (non-hydrogen) atoms.